The highest BCUT2D eigenvalue weighted by atomic mass is 19.1. The van der Waals surface area contributed by atoms with Crippen LogP contribution >= 0.6 is 0 Å². The van der Waals surface area contributed by atoms with Crippen LogP contribution < -0.4 is 15.6 Å². The Bertz CT molecular complexity index is 939. The summed E-state index contributed by atoms with van der Waals surface area (Å²) in [7, 11) is 0. The number of hydrogen-bond acceptors (Lipinski definition) is 4. The molecule has 27 heavy (non-hydrogen) atoms. The number of carbonyl (C=O) groups excluding carboxylic acids is 1. The van der Waals surface area contributed by atoms with Gasteiger partial charge in [0.15, 0.2) is 17.0 Å². The van der Waals surface area contributed by atoms with Crippen molar-refractivity contribution in [3.05, 3.63) is 39.7 Å². The molecule has 0 unspecified atom stereocenters. The molecule has 1 atom stereocenters. The van der Waals surface area contributed by atoms with Gasteiger partial charge in [0.2, 0.25) is 0 Å². The Morgan fingerprint density at radius 2 is 2.07 bits per heavy atom. The van der Waals surface area contributed by atoms with E-state index in [1.165, 1.54) is 17.7 Å². The van der Waals surface area contributed by atoms with E-state index < -0.39 is 22.8 Å². The fraction of sp³-hybridized carbons (Fsp3) is 0.500. The molecule has 5 nitrogen and oxygen atoms in total. The van der Waals surface area contributed by atoms with Gasteiger partial charge in [-0.1, -0.05) is 6.92 Å². The second kappa shape index (κ2) is 7.76. The Morgan fingerprint density at radius 3 is 2.70 bits per heavy atom. The number of hydrogen-bond donors (Lipinski definition) is 1. The Balaban J connectivity index is 2.13. The summed E-state index contributed by atoms with van der Waals surface area (Å²) in [5.41, 5.74) is -0.710. The lowest BCUT2D eigenvalue weighted by atomic mass is 10.1. The van der Waals surface area contributed by atoms with Crippen LogP contribution in [0.2, 0.25) is 0 Å². The maximum Gasteiger partial charge on any atom is 0.200 e. The number of carbonyl (C=O) groups is 1. The monoisotopic (exact) mass is 377 g/mol. The van der Waals surface area contributed by atoms with E-state index in [0.29, 0.717) is 25.6 Å². The largest absolute Gasteiger partial charge is 0.366 e. The Hall–Kier alpha value is -2.28. The van der Waals surface area contributed by atoms with Crippen molar-refractivity contribution < 1.29 is 13.6 Å². The second-order valence-corrected chi connectivity index (χ2v) is 7.04. The number of rotatable bonds is 6. The van der Waals surface area contributed by atoms with Crippen LogP contribution in [0.25, 0.3) is 10.9 Å². The van der Waals surface area contributed by atoms with Crippen molar-refractivity contribution in [2.24, 2.45) is 5.92 Å². The number of pyridine rings is 1. The molecular weight excluding hydrogens is 352 g/mol. The van der Waals surface area contributed by atoms with E-state index in [9.17, 15) is 14.0 Å². The van der Waals surface area contributed by atoms with Crippen molar-refractivity contribution in [2.75, 3.05) is 31.1 Å². The van der Waals surface area contributed by atoms with Gasteiger partial charge in [0.1, 0.15) is 11.5 Å². The molecule has 0 spiro atoms. The average Bonchev–Trinajstić information content (AvgIpc) is 3.09. The van der Waals surface area contributed by atoms with Crippen LogP contribution in [0.15, 0.2) is 17.1 Å². The standard InChI is InChI=1S/C20H25F2N3O2/c1-4-23-9-13-6-7-25(10-13)19-16(21)8-14-18(17(19)22)24(5-2)11-15(12(3)26)20(14)27/h8,11,13,23H,4-7,9-10H2,1-3H3/t13-/m1/s1. The zero-order valence-electron chi connectivity index (χ0n) is 15.9. The molecule has 2 aromatic rings. The van der Waals surface area contributed by atoms with E-state index in [1.807, 2.05) is 6.92 Å². The third-order valence-corrected chi connectivity index (χ3v) is 5.23. The molecule has 7 heteroatoms. The Labute approximate surface area is 157 Å². The molecule has 0 radical (unpaired) electrons. The summed E-state index contributed by atoms with van der Waals surface area (Å²) >= 11 is 0. The minimum Gasteiger partial charge on any atom is -0.366 e. The number of nitrogens with zero attached hydrogens (tertiary/aromatic N) is 2. The lowest BCUT2D eigenvalue weighted by molar-refractivity contribution is 0.101. The number of fused-ring (bicyclic) bond motifs is 1. The molecule has 1 aliphatic heterocycles. The number of benzene rings is 1. The first-order chi connectivity index (χ1) is 12.9. The third-order valence-electron chi connectivity index (χ3n) is 5.23. The highest BCUT2D eigenvalue weighted by molar-refractivity contribution is 5.97. The molecular formula is C20H25F2N3O2. The topological polar surface area (TPSA) is 54.3 Å². The second-order valence-electron chi connectivity index (χ2n) is 7.04. The molecule has 1 aromatic carbocycles. The molecule has 146 valence electrons. The van der Waals surface area contributed by atoms with Crippen LogP contribution in [0, 0.1) is 17.6 Å². The molecule has 0 bridgehead atoms. The van der Waals surface area contributed by atoms with Crippen molar-refractivity contribution in [3.8, 4) is 0 Å². The van der Waals surface area contributed by atoms with Crippen LogP contribution in [0.5, 0.6) is 0 Å². The van der Waals surface area contributed by atoms with Crippen molar-refractivity contribution in [3.63, 3.8) is 0 Å². The number of halogens is 2. The number of aromatic nitrogens is 1. The maximum atomic E-state index is 15.4. The van der Waals surface area contributed by atoms with E-state index in [0.717, 1.165) is 25.6 Å². The molecule has 1 aromatic heterocycles. The lowest BCUT2D eigenvalue weighted by Gasteiger charge is -2.22. The van der Waals surface area contributed by atoms with E-state index in [4.69, 9.17) is 0 Å². The van der Waals surface area contributed by atoms with Crippen molar-refractivity contribution in [1.82, 2.24) is 9.88 Å². The van der Waals surface area contributed by atoms with Gasteiger partial charge in [0.25, 0.3) is 0 Å². The first kappa shape index (κ1) is 19.5. The molecule has 0 aliphatic carbocycles. The third kappa shape index (κ3) is 3.48. The number of Topliss-reactive ketones (excluding diaryl/α,β-unsaturated/α-hetero) is 1. The summed E-state index contributed by atoms with van der Waals surface area (Å²) in [5.74, 6) is -1.58. The van der Waals surface area contributed by atoms with Gasteiger partial charge in [0.05, 0.1) is 16.5 Å². The quantitative estimate of drug-likeness (QED) is 0.787. The smallest absolute Gasteiger partial charge is 0.200 e. The van der Waals surface area contributed by atoms with E-state index in [1.54, 1.807) is 11.8 Å². The molecule has 1 N–H and O–H groups in total. The summed E-state index contributed by atoms with van der Waals surface area (Å²) in [5, 5.41) is 3.18. The number of ketones is 1. The maximum absolute atomic E-state index is 15.4. The summed E-state index contributed by atoms with van der Waals surface area (Å²) in [6.45, 7) is 8.25. The predicted octanol–water partition coefficient (Wildman–Crippen LogP) is 2.94. The van der Waals surface area contributed by atoms with Crippen LogP contribution in [0.4, 0.5) is 14.5 Å². The molecule has 2 heterocycles. The fourth-order valence-corrected chi connectivity index (χ4v) is 3.82. The number of nitrogens with one attached hydrogen (secondary N) is 1. The van der Waals surface area contributed by atoms with Gasteiger partial charge >= 0.3 is 0 Å². The van der Waals surface area contributed by atoms with Crippen molar-refractivity contribution in [1.29, 1.82) is 0 Å². The summed E-state index contributed by atoms with van der Waals surface area (Å²) in [6.07, 6.45) is 2.23. The lowest BCUT2D eigenvalue weighted by Crippen LogP contribution is -2.28. The number of aryl methyl sites for hydroxylation is 1. The normalized spacial score (nSPS) is 17.1. The number of anilines is 1. The SMILES string of the molecule is CCNC[C@H]1CCN(c2c(F)cc3c(=O)c(C(C)=O)cn(CC)c3c2F)C1. The van der Waals surface area contributed by atoms with Crippen LogP contribution in [-0.4, -0.2) is 36.5 Å². The molecule has 0 amide bonds. The molecule has 0 saturated carbocycles. The van der Waals surface area contributed by atoms with Crippen LogP contribution in [0.1, 0.15) is 37.6 Å². The zero-order valence-corrected chi connectivity index (χ0v) is 15.9. The average molecular weight is 377 g/mol. The molecule has 3 rings (SSSR count). The fourth-order valence-electron chi connectivity index (χ4n) is 3.82. The van der Waals surface area contributed by atoms with E-state index >= 15 is 4.39 Å². The van der Waals surface area contributed by atoms with E-state index in [2.05, 4.69) is 5.32 Å². The first-order valence-electron chi connectivity index (χ1n) is 9.40. The molecule has 1 fully saturated rings. The van der Waals surface area contributed by atoms with Crippen LogP contribution in [-0.2, 0) is 6.54 Å². The minimum absolute atomic E-state index is 0.0530. The van der Waals surface area contributed by atoms with E-state index in [-0.39, 0.29) is 22.2 Å². The summed E-state index contributed by atoms with van der Waals surface area (Å²) < 4.78 is 31.7. The van der Waals surface area contributed by atoms with Gasteiger partial charge in [-0.2, -0.15) is 0 Å². The molecule has 1 aliphatic rings. The van der Waals surface area contributed by atoms with Gasteiger partial charge < -0.3 is 14.8 Å². The van der Waals surface area contributed by atoms with Gasteiger partial charge in [0, 0.05) is 25.8 Å². The van der Waals surface area contributed by atoms with Gasteiger partial charge in [-0.15, -0.1) is 0 Å². The molecule has 1 saturated heterocycles. The summed E-state index contributed by atoms with van der Waals surface area (Å²) in [6, 6.07) is 1.08. The highest BCUT2D eigenvalue weighted by Crippen LogP contribution is 2.33. The van der Waals surface area contributed by atoms with Crippen LogP contribution in [0.3, 0.4) is 0 Å². The highest BCUT2D eigenvalue weighted by Gasteiger charge is 2.29. The first-order valence-corrected chi connectivity index (χ1v) is 9.40. The van der Waals surface area contributed by atoms with Gasteiger partial charge in [-0.05, 0) is 45.3 Å². The minimum atomic E-state index is -0.760. The Morgan fingerprint density at radius 1 is 1.33 bits per heavy atom. The zero-order chi connectivity index (χ0) is 19.7. The van der Waals surface area contributed by atoms with Gasteiger partial charge in [-0.25, -0.2) is 8.78 Å². The van der Waals surface area contributed by atoms with Gasteiger partial charge in [-0.3, -0.25) is 9.59 Å². The predicted molar refractivity (Wildman–Crippen MR) is 103 cm³/mol. The summed E-state index contributed by atoms with van der Waals surface area (Å²) in [4.78, 5) is 26.0. The Kier molecular flexibility index (Phi) is 5.60. The van der Waals surface area contributed by atoms with Crippen molar-refractivity contribution >= 4 is 22.4 Å². The van der Waals surface area contributed by atoms with Crippen molar-refractivity contribution in [2.45, 2.75) is 33.7 Å².